The average Bonchev–Trinajstić information content (AvgIpc) is 3.23. The Morgan fingerprint density at radius 1 is 1.11 bits per heavy atom. The third-order valence-corrected chi connectivity index (χ3v) is 6.54. The lowest BCUT2D eigenvalue weighted by Gasteiger charge is -2.34. The molecule has 0 unspecified atom stereocenters. The van der Waals surface area contributed by atoms with Crippen molar-refractivity contribution in [3.8, 4) is 16.9 Å². The van der Waals surface area contributed by atoms with Crippen molar-refractivity contribution in [3.63, 3.8) is 0 Å². The van der Waals surface area contributed by atoms with Gasteiger partial charge in [0.05, 0.1) is 24.6 Å². The van der Waals surface area contributed by atoms with Gasteiger partial charge in [-0.05, 0) is 64.3 Å². The SMILES string of the molecule is COc1cc(-c2cc(F)c3nc(C)cn3c2)cc2ncn(C3CCN(C(=O)OC(C)(C)C)CC3)c(=O)c12. The summed E-state index contributed by atoms with van der Waals surface area (Å²) in [6.45, 7) is 8.30. The van der Waals surface area contributed by atoms with Gasteiger partial charge in [-0.2, -0.15) is 0 Å². The summed E-state index contributed by atoms with van der Waals surface area (Å²) in [6, 6.07) is 4.81. The van der Waals surface area contributed by atoms with E-state index in [-0.39, 0.29) is 23.3 Å². The van der Waals surface area contributed by atoms with Crippen molar-refractivity contribution in [3.05, 3.63) is 58.8 Å². The maximum Gasteiger partial charge on any atom is 0.410 e. The maximum absolute atomic E-state index is 14.7. The van der Waals surface area contributed by atoms with Crippen molar-refractivity contribution in [2.75, 3.05) is 20.2 Å². The van der Waals surface area contributed by atoms with Gasteiger partial charge in [0.25, 0.3) is 5.56 Å². The van der Waals surface area contributed by atoms with Crippen LogP contribution in [0.2, 0.25) is 0 Å². The monoisotopic (exact) mass is 507 g/mol. The number of aromatic nitrogens is 4. The Morgan fingerprint density at radius 2 is 1.84 bits per heavy atom. The number of fused-ring (bicyclic) bond motifs is 2. The minimum Gasteiger partial charge on any atom is -0.496 e. The second kappa shape index (κ2) is 9.17. The number of nitrogens with zero attached hydrogens (tertiary/aromatic N) is 5. The van der Waals surface area contributed by atoms with E-state index in [1.54, 1.807) is 44.7 Å². The molecule has 0 saturated carbocycles. The molecule has 0 atom stereocenters. The topological polar surface area (TPSA) is 91.0 Å². The number of hydrogen-bond donors (Lipinski definition) is 0. The second-order valence-electron chi connectivity index (χ2n) is 10.4. The number of pyridine rings is 1. The highest BCUT2D eigenvalue weighted by Crippen LogP contribution is 2.32. The zero-order valence-electron chi connectivity index (χ0n) is 21.6. The van der Waals surface area contributed by atoms with E-state index in [0.717, 1.165) is 0 Å². The standard InChI is InChI=1S/C27H30FN5O4/c1-16-13-32-14-18(10-20(28)24(32)30-16)17-11-21-23(22(12-17)36-5)25(34)33(15-29-21)19-6-8-31(9-7-19)26(35)37-27(2,3)4/h10-15,19H,6-9H2,1-5H3. The fourth-order valence-corrected chi connectivity index (χ4v) is 4.80. The van der Waals surface area contributed by atoms with E-state index in [9.17, 15) is 14.0 Å². The Hall–Kier alpha value is -3.95. The molecule has 0 aliphatic carbocycles. The Bertz CT molecular complexity index is 1560. The third-order valence-electron chi connectivity index (χ3n) is 6.54. The van der Waals surface area contributed by atoms with Gasteiger partial charge in [0.15, 0.2) is 11.5 Å². The number of amides is 1. The molecule has 37 heavy (non-hydrogen) atoms. The molecule has 4 aromatic rings. The third kappa shape index (κ3) is 4.75. The minimum absolute atomic E-state index is 0.103. The van der Waals surface area contributed by atoms with Gasteiger partial charge in [0, 0.05) is 37.1 Å². The number of carbonyl (C=O) groups excluding carboxylic acids is 1. The van der Waals surface area contributed by atoms with E-state index in [0.29, 0.717) is 59.4 Å². The Morgan fingerprint density at radius 3 is 2.51 bits per heavy atom. The van der Waals surface area contributed by atoms with Crippen LogP contribution in [0.5, 0.6) is 5.75 Å². The molecule has 10 heteroatoms. The quantitative estimate of drug-likeness (QED) is 0.398. The highest BCUT2D eigenvalue weighted by molar-refractivity contribution is 5.89. The lowest BCUT2D eigenvalue weighted by molar-refractivity contribution is 0.0187. The molecule has 4 heterocycles. The van der Waals surface area contributed by atoms with Crippen molar-refractivity contribution < 1.29 is 18.7 Å². The van der Waals surface area contributed by atoms with Gasteiger partial charge < -0.3 is 18.8 Å². The van der Waals surface area contributed by atoms with E-state index >= 15 is 0 Å². The van der Waals surface area contributed by atoms with Crippen molar-refractivity contribution in [1.82, 2.24) is 23.8 Å². The number of imidazole rings is 1. The lowest BCUT2D eigenvalue weighted by Crippen LogP contribution is -2.43. The first-order valence-electron chi connectivity index (χ1n) is 12.3. The molecule has 5 rings (SSSR count). The van der Waals surface area contributed by atoms with Gasteiger partial charge >= 0.3 is 6.09 Å². The molecule has 3 aromatic heterocycles. The number of benzene rings is 1. The summed E-state index contributed by atoms with van der Waals surface area (Å²) in [5, 5.41) is 0.364. The molecule has 1 saturated heterocycles. The smallest absolute Gasteiger partial charge is 0.410 e. The van der Waals surface area contributed by atoms with Gasteiger partial charge in [0.2, 0.25) is 0 Å². The van der Waals surface area contributed by atoms with Gasteiger partial charge in [-0.25, -0.2) is 19.2 Å². The summed E-state index contributed by atoms with van der Waals surface area (Å²) in [7, 11) is 1.50. The van der Waals surface area contributed by atoms with E-state index in [1.165, 1.54) is 13.2 Å². The minimum atomic E-state index is -0.558. The highest BCUT2D eigenvalue weighted by atomic mass is 19.1. The van der Waals surface area contributed by atoms with E-state index in [4.69, 9.17) is 9.47 Å². The molecule has 1 fully saturated rings. The number of rotatable bonds is 3. The van der Waals surface area contributed by atoms with E-state index in [2.05, 4.69) is 9.97 Å². The molecule has 1 amide bonds. The summed E-state index contributed by atoms with van der Waals surface area (Å²) >= 11 is 0. The first-order valence-corrected chi connectivity index (χ1v) is 12.3. The molecular weight excluding hydrogens is 477 g/mol. The number of likely N-dealkylation sites (tertiary alicyclic amines) is 1. The molecule has 0 N–H and O–H groups in total. The second-order valence-corrected chi connectivity index (χ2v) is 10.4. The summed E-state index contributed by atoms with van der Waals surface area (Å²) in [6.07, 6.45) is 5.96. The van der Waals surface area contributed by atoms with Crippen molar-refractivity contribution >= 4 is 22.6 Å². The number of ether oxygens (including phenoxy) is 2. The average molecular weight is 508 g/mol. The van der Waals surface area contributed by atoms with Crippen LogP contribution < -0.4 is 10.3 Å². The predicted octanol–water partition coefficient (Wildman–Crippen LogP) is 4.74. The molecular formula is C27H30FN5O4. The van der Waals surface area contributed by atoms with E-state index in [1.807, 2.05) is 27.7 Å². The fraction of sp³-hybridized carbons (Fsp3) is 0.407. The number of aryl methyl sites for hydroxylation is 1. The number of methoxy groups -OCH3 is 1. The molecule has 9 nitrogen and oxygen atoms in total. The van der Waals surface area contributed by atoms with Crippen LogP contribution in [0.3, 0.4) is 0 Å². The molecule has 0 spiro atoms. The molecule has 1 aromatic carbocycles. The summed E-state index contributed by atoms with van der Waals surface area (Å²) in [5.74, 6) is -0.0707. The first-order chi connectivity index (χ1) is 17.5. The van der Waals surface area contributed by atoms with Crippen LogP contribution in [-0.4, -0.2) is 55.7 Å². The van der Waals surface area contributed by atoms with Gasteiger partial charge in [-0.3, -0.25) is 9.36 Å². The Labute approximate surface area is 213 Å². The number of hydrogen-bond acceptors (Lipinski definition) is 6. The zero-order valence-corrected chi connectivity index (χ0v) is 21.6. The molecule has 1 aliphatic rings. The Balaban J connectivity index is 1.46. The molecule has 1 aliphatic heterocycles. The molecule has 194 valence electrons. The number of halogens is 1. The lowest BCUT2D eigenvalue weighted by atomic mass is 10.0. The highest BCUT2D eigenvalue weighted by Gasteiger charge is 2.28. The van der Waals surface area contributed by atoms with Crippen LogP contribution in [0.15, 0.2) is 41.7 Å². The number of piperidine rings is 1. The fourth-order valence-electron chi connectivity index (χ4n) is 4.80. The van der Waals surface area contributed by atoms with Crippen molar-refractivity contribution in [1.29, 1.82) is 0 Å². The summed E-state index contributed by atoms with van der Waals surface area (Å²) in [4.78, 5) is 36.4. The summed E-state index contributed by atoms with van der Waals surface area (Å²) < 4.78 is 29.0. The van der Waals surface area contributed by atoms with Crippen LogP contribution in [0.4, 0.5) is 9.18 Å². The van der Waals surface area contributed by atoms with Crippen LogP contribution in [0.1, 0.15) is 45.3 Å². The maximum atomic E-state index is 14.7. The van der Waals surface area contributed by atoms with Crippen molar-refractivity contribution in [2.24, 2.45) is 0 Å². The van der Waals surface area contributed by atoms with E-state index < -0.39 is 11.4 Å². The van der Waals surface area contributed by atoms with Gasteiger partial charge in [-0.15, -0.1) is 0 Å². The van der Waals surface area contributed by atoms with Gasteiger partial charge in [-0.1, -0.05) is 0 Å². The van der Waals surface area contributed by atoms with Crippen LogP contribution in [-0.2, 0) is 4.74 Å². The summed E-state index contributed by atoms with van der Waals surface area (Å²) in [5.41, 5.74) is 1.95. The first kappa shape index (κ1) is 24.7. The van der Waals surface area contributed by atoms with Crippen LogP contribution in [0, 0.1) is 12.7 Å². The largest absolute Gasteiger partial charge is 0.496 e. The van der Waals surface area contributed by atoms with Crippen LogP contribution in [0.25, 0.3) is 27.7 Å². The normalized spacial score (nSPS) is 14.9. The van der Waals surface area contributed by atoms with Crippen molar-refractivity contribution in [2.45, 2.75) is 52.2 Å². The molecule has 0 bridgehead atoms. The molecule has 0 radical (unpaired) electrons. The van der Waals surface area contributed by atoms with Gasteiger partial charge in [0.1, 0.15) is 16.7 Å². The Kier molecular flexibility index (Phi) is 6.13. The predicted molar refractivity (Wildman–Crippen MR) is 138 cm³/mol. The number of carbonyl (C=O) groups is 1. The zero-order chi connectivity index (χ0) is 26.5. The van der Waals surface area contributed by atoms with Crippen LogP contribution >= 0.6 is 0 Å².